The number of aromatic amines is 1. The van der Waals surface area contributed by atoms with Gasteiger partial charge in [-0.1, -0.05) is 13.8 Å². The van der Waals surface area contributed by atoms with Crippen molar-refractivity contribution in [3.8, 4) is 0 Å². The van der Waals surface area contributed by atoms with Crippen molar-refractivity contribution in [2.75, 3.05) is 0 Å². The minimum atomic E-state index is -0.283. The van der Waals surface area contributed by atoms with Crippen LogP contribution in [0, 0.1) is 24.6 Å². The highest BCUT2D eigenvalue weighted by Crippen LogP contribution is 2.37. The Balaban J connectivity index is 2.07. The average Bonchev–Trinajstić information content (AvgIpc) is 2.85. The number of Topliss-reactive ketones (excluding diaryl/α,β-unsaturated/α-hetero) is 1. The zero-order chi connectivity index (χ0) is 16.3. The van der Waals surface area contributed by atoms with Crippen molar-refractivity contribution >= 4 is 27.6 Å². The third-order valence-corrected chi connectivity index (χ3v) is 5.09. The predicted octanol–water partition coefficient (Wildman–Crippen LogP) is 4.56. The molecule has 1 aliphatic carbocycles. The Morgan fingerprint density at radius 3 is 2.83 bits per heavy atom. The first-order chi connectivity index (χ1) is 11.0. The predicted molar refractivity (Wildman–Crippen MR) is 89.3 cm³/mol. The second-order valence-corrected chi connectivity index (χ2v) is 6.92. The summed E-state index contributed by atoms with van der Waals surface area (Å²) in [7, 11) is 0. The van der Waals surface area contributed by atoms with E-state index in [2.05, 4.69) is 18.8 Å². The summed E-state index contributed by atoms with van der Waals surface area (Å²) in [5, 5.41) is 1.81. The number of fused-ring (bicyclic) bond motifs is 5. The molecule has 1 aromatic carbocycles. The Bertz CT molecular complexity index is 955. The Labute approximate surface area is 133 Å². The van der Waals surface area contributed by atoms with Gasteiger partial charge in [-0.15, -0.1) is 0 Å². The lowest BCUT2D eigenvalue weighted by Crippen LogP contribution is -2.25. The summed E-state index contributed by atoms with van der Waals surface area (Å²) >= 11 is 0. The second-order valence-electron chi connectivity index (χ2n) is 6.92. The maximum atomic E-state index is 13.5. The van der Waals surface area contributed by atoms with E-state index in [9.17, 15) is 9.18 Å². The van der Waals surface area contributed by atoms with Gasteiger partial charge >= 0.3 is 0 Å². The number of ketones is 1. The lowest BCUT2D eigenvalue weighted by atomic mass is 9.78. The number of pyridine rings is 1. The van der Waals surface area contributed by atoms with Crippen molar-refractivity contribution in [3.63, 3.8) is 0 Å². The van der Waals surface area contributed by atoms with Crippen LogP contribution in [0.15, 0.2) is 18.2 Å². The van der Waals surface area contributed by atoms with Crippen LogP contribution in [0.25, 0.3) is 21.8 Å². The van der Waals surface area contributed by atoms with Gasteiger partial charge in [0.25, 0.3) is 0 Å². The van der Waals surface area contributed by atoms with E-state index in [0.717, 1.165) is 45.2 Å². The van der Waals surface area contributed by atoms with Crippen molar-refractivity contribution < 1.29 is 9.18 Å². The number of hydrogen-bond acceptors (Lipinski definition) is 2. The highest BCUT2D eigenvalue weighted by molar-refractivity contribution is 6.19. The number of nitrogens with one attached hydrogen (secondary N) is 1. The molecule has 1 aliphatic rings. The van der Waals surface area contributed by atoms with Gasteiger partial charge in [-0.2, -0.15) is 0 Å². The fraction of sp³-hybridized carbons (Fsp3) is 0.368. The molecule has 0 aliphatic heterocycles. The lowest BCUT2D eigenvalue weighted by Gasteiger charge is -2.26. The van der Waals surface area contributed by atoms with Gasteiger partial charge in [0.05, 0.1) is 16.9 Å². The molecule has 1 N–H and O–H groups in total. The summed E-state index contributed by atoms with van der Waals surface area (Å²) in [4.78, 5) is 20.7. The second kappa shape index (κ2) is 4.88. The Hall–Kier alpha value is -2.23. The molecule has 2 aromatic heterocycles. The first-order valence-electron chi connectivity index (χ1n) is 8.09. The van der Waals surface area contributed by atoms with Crippen molar-refractivity contribution in [1.29, 1.82) is 0 Å². The Morgan fingerprint density at radius 1 is 1.30 bits per heavy atom. The van der Waals surface area contributed by atoms with Crippen molar-refractivity contribution in [3.05, 3.63) is 41.0 Å². The molecule has 1 atom stereocenters. The minimum Gasteiger partial charge on any atom is -0.353 e. The van der Waals surface area contributed by atoms with Gasteiger partial charge in [-0.05, 0) is 43.4 Å². The monoisotopic (exact) mass is 310 g/mol. The number of nitrogens with zero attached hydrogens (tertiary/aromatic N) is 1. The van der Waals surface area contributed by atoms with Crippen LogP contribution in [0.2, 0.25) is 0 Å². The van der Waals surface area contributed by atoms with Gasteiger partial charge in [-0.3, -0.25) is 9.78 Å². The van der Waals surface area contributed by atoms with E-state index < -0.39 is 0 Å². The zero-order valence-corrected chi connectivity index (χ0v) is 13.5. The third kappa shape index (κ3) is 2.08. The topological polar surface area (TPSA) is 45.8 Å². The molecule has 0 radical (unpaired) electrons. The SMILES string of the molecule is Cc1nc2c(c3c1[nH]c1cc(F)ccc13)C(=O)CC(C(C)C)C2. The summed E-state index contributed by atoms with van der Waals surface area (Å²) in [6.07, 6.45) is 1.40. The molecule has 0 saturated carbocycles. The number of aryl methyl sites for hydroxylation is 1. The normalized spacial score (nSPS) is 18.1. The van der Waals surface area contributed by atoms with Crippen LogP contribution in [0.1, 0.15) is 42.0 Å². The zero-order valence-electron chi connectivity index (χ0n) is 13.5. The highest BCUT2D eigenvalue weighted by Gasteiger charge is 2.31. The molecule has 4 heteroatoms. The van der Waals surface area contributed by atoms with E-state index in [0.29, 0.717) is 18.3 Å². The highest BCUT2D eigenvalue weighted by atomic mass is 19.1. The summed E-state index contributed by atoms with van der Waals surface area (Å²) in [6.45, 7) is 6.25. The molecule has 0 amide bonds. The molecular weight excluding hydrogens is 291 g/mol. The fourth-order valence-electron chi connectivity index (χ4n) is 3.74. The van der Waals surface area contributed by atoms with Crippen molar-refractivity contribution in [1.82, 2.24) is 9.97 Å². The maximum absolute atomic E-state index is 13.5. The van der Waals surface area contributed by atoms with Gasteiger partial charge < -0.3 is 4.98 Å². The molecule has 3 nitrogen and oxygen atoms in total. The molecule has 4 rings (SSSR count). The van der Waals surface area contributed by atoms with E-state index in [1.807, 2.05) is 6.92 Å². The van der Waals surface area contributed by atoms with Crippen LogP contribution in [0.4, 0.5) is 4.39 Å². The minimum absolute atomic E-state index is 0.160. The number of carbonyl (C=O) groups excluding carboxylic acids is 1. The number of hydrogen-bond donors (Lipinski definition) is 1. The maximum Gasteiger partial charge on any atom is 0.165 e. The van der Waals surface area contributed by atoms with Crippen LogP contribution < -0.4 is 0 Å². The number of carbonyl (C=O) groups is 1. The van der Waals surface area contributed by atoms with Gasteiger partial charge in [0.1, 0.15) is 5.82 Å². The molecule has 0 saturated heterocycles. The summed E-state index contributed by atoms with van der Waals surface area (Å²) < 4.78 is 13.5. The molecule has 0 spiro atoms. The van der Waals surface area contributed by atoms with E-state index in [1.165, 1.54) is 12.1 Å². The number of H-pyrrole nitrogens is 1. The van der Waals surface area contributed by atoms with E-state index >= 15 is 0 Å². The van der Waals surface area contributed by atoms with E-state index in [4.69, 9.17) is 4.98 Å². The van der Waals surface area contributed by atoms with Gasteiger partial charge in [0, 0.05) is 28.3 Å². The average molecular weight is 310 g/mol. The first kappa shape index (κ1) is 14.4. The van der Waals surface area contributed by atoms with Crippen LogP contribution in [-0.2, 0) is 6.42 Å². The van der Waals surface area contributed by atoms with Crippen molar-refractivity contribution in [2.24, 2.45) is 11.8 Å². The fourth-order valence-corrected chi connectivity index (χ4v) is 3.74. The number of aromatic nitrogens is 2. The van der Waals surface area contributed by atoms with Gasteiger partial charge in [0.2, 0.25) is 0 Å². The molecule has 1 unspecified atom stereocenters. The summed E-state index contributed by atoms with van der Waals surface area (Å²) in [6, 6.07) is 4.68. The number of benzene rings is 1. The van der Waals surface area contributed by atoms with Gasteiger partial charge in [-0.25, -0.2) is 4.39 Å². The van der Waals surface area contributed by atoms with Crippen molar-refractivity contribution in [2.45, 2.75) is 33.6 Å². The number of halogens is 1. The van der Waals surface area contributed by atoms with Crippen LogP contribution in [-0.4, -0.2) is 15.8 Å². The molecule has 2 heterocycles. The van der Waals surface area contributed by atoms with Crippen LogP contribution in [0.5, 0.6) is 0 Å². The molecule has 23 heavy (non-hydrogen) atoms. The summed E-state index contributed by atoms with van der Waals surface area (Å²) in [5.74, 6) is 0.686. The Morgan fingerprint density at radius 2 is 2.09 bits per heavy atom. The van der Waals surface area contributed by atoms with Crippen LogP contribution >= 0.6 is 0 Å². The van der Waals surface area contributed by atoms with Gasteiger partial charge in [0.15, 0.2) is 5.78 Å². The molecule has 0 fully saturated rings. The molecule has 118 valence electrons. The van der Waals surface area contributed by atoms with E-state index in [1.54, 1.807) is 6.07 Å². The number of rotatable bonds is 1. The molecular formula is C19H19FN2O. The third-order valence-electron chi connectivity index (χ3n) is 5.09. The smallest absolute Gasteiger partial charge is 0.165 e. The Kier molecular flexibility index (Phi) is 3.05. The van der Waals surface area contributed by atoms with E-state index in [-0.39, 0.29) is 11.6 Å². The van der Waals surface area contributed by atoms with Crippen LogP contribution in [0.3, 0.4) is 0 Å². The standard InChI is InChI=1S/C19H19FN2O/c1-9(2)11-6-15-18(16(23)7-11)17-13-5-4-12(20)8-14(13)22-19(17)10(3)21-15/h4-5,8-9,11,22H,6-7H2,1-3H3. The quantitative estimate of drug-likeness (QED) is 0.716. The summed E-state index contributed by atoms with van der Waals surface area (Å²) in [5.41, 5.74) is 4.07. The molecule has 3 aromatic rings. The lowest BCUT2D eigenvalue weighted by molar-refractivity contribution is 0.0933. The first-order valence-corrected chi connectivity index (χ1v) is 8.09. The largest absolute Gasteiger partial charge is 0.353 e. The molecule has 0 bridgehead atoms.